The molecule has 0 saturated carbocycles. The Morgan fingerprint density at radius 2 is 1.69 bits per heavy atom. The van der Waals surface area contributed by atoms with Gasteiger partial charge in [-0.3, -0.25) is 10.1 Å². The Kier molecular flexibility index (Phi) is 5.23. The van der Waals surface area contributed by atoms with Crippen molar-refractivity contribution in [2.45, 2.75) is 13.8 Å². The third-order valence-corrected chi connectivity index (χ3v) is 5.77. The number of thiazole rings is 1. The van der Waals surface area contributed by atoms with E-state index in [1.54, 1.807) is 6.07 Å². The highest BCUT2D eigenvalue weighted by atomic mass is 32.1. The number of nitrogens with zero attached hydrogens (tertiary/aromatic N) is 1. The molecular weight excluding hydrogens is 383 g/mol. The first kappa shape index (κ1) is 19.0. The lowest BCUT2D eigenvalue weighted by Gasteiger charge is -2.05. The largest absolute Gasteiger partial charge is 0.298 e. The molecule has 0 aliphatic rings. The van der Waals surface area contributed by atoms with Gasteiger partial charge in [-0.15, -0.1) is 0 Å². The first-order chi connectivity index (χ1) is 14.0. The van der Waals surface area contributed by atoms with Crippen LogP contribution in [0.4, 0.5) is 9.52 Å². The molecule has 0 radical (unpaired) electrons. The van der Waals surface area contributed by atoms with Crippen molar-refractivity contribution in [2.24, 2.45) is 0 Å². The highest BCUT2D eigenvalue weighted by Crippen LogP contribution is 2.39. The predicted octanol–water partition coefficient (Wildman–Crippen LogP) is 6.49. The van der Waals surface area contributed by atoms with E-state index in [0.29, 0.717) is 5.13 Å². The van der Waals surface area contributed by atoms with E-state index < -0.39 is 5.82 Å². The summed E-state index contributed by atoms with van der Waals surface area (Å²) in [4.78, 5) is 18.2. The molecule has 0 fully saturated rings. The summed E-state index contributed by atoms with van der Waals surface area (Å²) in [7, 11) is 0. The van der Waals surface area contributed by atoms with Gasteiger partial charge in [-0.05, 0) is 48.7 Å². The normalized spacial score (nSPS) is 10.7. The Morgan fingerprint density at radius 3 is 2.41 bits per heavy atom. The van der Waals surface area contributed by atoms with Crippen LogP contribution in [-0.2, 0) is 0 Å². The molecule has 1 N–H and O–H groups in total. The zero-order valence-electron chi connectivity index (χ0n) is 16.1. The average Bonchev–Trinajstić information content (AvgIpc) is 3.14. The Morgan fingerprint density at radius 1 is 0.897 bits per heavy atom. The zero-order chi connectivity index (χ0) is 20.4. The Balaban J connectivity index is 1.75. The van der Waals surface area contributed by atoms with Crippen molar-refractivity contribution in [3.8, 4) is 21.7 Å². The molecule has 0 aliphatic carbocycles. The summed E-state index contributed by atoms with van der Waals surface area (Å²) in [5.74, 6) is -0.831. The number of rotatable bonds is 4. The lowest BCUT2D eigenvalue weighted by Crippen LogP contribution is -2.11. The molecule has 0 aliphatic heterocycles. The molecule has 4 rings (SSSR count). The number of hydrogen-bond acceptors (Lipinski definition) is 3. The van der Waals surface area contributed by atoms with E-state index in [1.807, 2.05) is 30.3 Å². The first-order valence-electron chi connectivity index (χ1n) is 9.22. The number of carbonyl (C=O) groups is 1. The summed E-state index contributed by atoms with van der Waals surface area (Å²) < 4.78 is 13.5. The average molecular weight is 402 g/mol. The second-order valence-electron chi connectivity index (χ2n) is 6.83. The number of benzene rings is 3. The smallest absolute Gasteiger partial charge is 0.257 e. The number of amides is 1. The number of nitrogens with one attached hydrogen (secondary N) is 1. The van der Waals surface area contributed by atoms with Crippen molar-refractivity contribution >= 4 is 22.4 Å². The van der Waals surface area contributed by atoms with Gasteiger partial charge in [0.05, 0.1) is 10.6 Å². The molecule has 1 heterocycles. The van der Waals surface area contributed by atoms with Gasteiger partial charge in [-0.2, -0.15) is 0 Å². The molecule has 0 saturated heterocycles. The van der Waals surface area contributed by atoms with E-state index in [2.05, 4.69) is 42.3 Å². The Bertz CT molecular complexity index is 1180. The van der Waals surface area contributed by atoms with Crippen LogP contribution in [0.3, 0.4) is 0 Å². The molecule has 0 spiro atoms. The number of aromatic nitrogens is 1. The highest BCUT2D eigenvalue weighted by Gasteiger charge is 2.17. The van der Waals surface area contributed by atoms with Crippen molar-refractivity contribution in [1.29, 1.82) is 0 Å². The molecule has 4 aromatic rings. The van der Waals surface area contributed by atoms with E-state index in [9.17, 15) is 9.18 Å². The molecule has 5 heteroatoms. The van der Waals surface area contributed by atoms with Crippen molar-refractivity contribution in [1.82, 2.24) is 4.98 Å². The highest BCUT2D eigenvalue weighted by molar-refractivity contribution is 7.19. The van der Waals surface area contributed by atoms with Crippen LogP contribution in [-0.4, -0.2) is 10.9 Å². The number of aryl methyl sites for hydroxylation is 2. The van der Waals surface area contributed by atoms with Gasteiger partial charge in [0.2, 0.25) is 0 Å². The molecule has 3 aromatic carbocycles. The van der Waals surface area contributed by atoms with Crippen LogP contribution in [0.25, 0.3) is 21.7 Å². The molecule has 0 bridgehead atoms. The first-order valence-corrected chi connectivity index (χ1v) is 10.0. The lowest BCUT2D eigenvalue weighted by atomic mass is 10.0. The van der Waals surface area contributed by atoms with E-state index in [-0.39, 0.29) is 11.5 Å². The molecule has 144 valence electrons. The summed E-state index contributed by atoms with van der Waals surface area (Å²) in [6.07, 6.45) is 0. The topological polar surface area (TPSA) is 42.0 Å². The van der Waals surface area contributed by atoms with Gasteiger partial charge in [0.15, 0.2) is 5.13 Å². The van der Waals surface area contributed by atoms with E-state index in [4.69, 9.17) is 0 Å². The molecule has 29 heavy (non-hydrogen) atoms. The van der Waals surface area contributed by atoms with Crippen LogP contribution in [0.1, 0.15) is 21.5 Å². The molecule has 1 amide bonds. The fraction of sp³-hybridized carbons (Fsp3) is 0.0833. The SMILES string of the molecule is Cc1ccc(-c2sc(NC(=O)c3cccc(F)c3)nc2-c2ccccc2)cc1C. The van der Waals surface area contributed by atoms with Crippen LogP contribution in [0, 0.1) is 19.7 Å². The fourth-order valence-corrected chi connectivity index (χ4v) is 4.02. The van der Waals surface area contributed by atoms with Gasteiger partial charge in [-0.25, -0.2) is 9.37 Å². The minimum atomic E-state index is -0.447. The van der Waals surface area contributed by atoms with E-state index >= 15 is 0 Å². The van der Waals surface area contributed by atoms with Gasteiger partial charge < -0.3 is 0 Å². The molecule has 1 aromatic heterocycles. The van der Waals surface area contributed by atoms with Crippen LogP contribution >= 0.6 is 11.3 Å². The summed E-state index contributed by atoms with van der Waals surface area (Å²) in [5.41, 5.74) is 5.51. The number of halogens is 1. The number of carbonyl (C=O) groups excluding carboxylic acids is 1. The van der Waals surface area contributed by atoms with Gasteiger partial charge in [0.25, 0.3) is 5.91 Å². The maximum Gasteiger partial charge on any atom is 0.257 e. The number of hydrogen-bond donors (Lipinski definition) is 1. The van der Waals surface area contributed by atoms with E-state index in [1.165, 1.54) is 40.7 Å². The Hall–Kier alpha value is -3.31. The van der Waals surface area contributed by atoms with Gasteiger partial charge in [-0.1, -0.05) is 65.9 Å². The minimum Gasteiger partial charge on any atom is -0.298 e. The van der Waals surface area contributed by atoms with Crippen LogP contribution in [0.15, 0.2) is 72.8 Å². The second kappa shape index (κ2) is 7.97. The van der Waals surface area contributed by atoms with Gasteiger partial charge >= 0.3 is 0 Å². The van der Waals surface area contributed by atoms with Crippen molar-refractivity contribution < 1.29 is 9.18 Å². The quantitative estimate of drug-likeness (QED) is 0.424. The zero-order valence-corrected chi connectivity index (χ0v) is 16.9. The fourth-order valence-electron chi connectivity index (χ4n) is 3.04. The molecule has 0 atom stereocenters. The van der Waals surface area contributed by atoms with Gasteiger partial charge in [0, 0.05) is 11.1 Å². The third kappa shape index (κ3) is 4.10. The molecule has 3 nitrogen and oxygen atoms in total. The standard InChI is InChI=1S/C24H19FN2OS/c1-15-11-12-18(13-16(15)2)22-21(17-7-4-3-5-8-17)26-24(29-22)27-23(28)19-9-6-10-20(25)14-19/h3-14H,1-2H3,(H,26,27,28). The predicted molar refractivity (Wildman–Crippen MR) is 117 cm³/mol. The summed E-state index contributed by atoms with van der Waals surface area (Å²) in [5, 5.41) is 3.29. The third-order valence-electron chi connectivity index (χ3n) is 4.75. The summed E-state index contributed by atoms with van der Waals surface area (Å²) in [6.45, 7) is 4.16. The lowest BCUT2D eigenvalue weighted by molar-refractivity contribution is 0.102. The van der Waals surface area contributed by atoms with Crippen LogP contribution in [0.2, 0.25) is 0 Å². The van der Waals surface area contributed by atoms with Crippen molar-refractivity contribution in [3.05, 3.63) is 95.3 Å². The second-order valence-corrected chi connectivity index (χ2v) is 7.83. The minimum absolute atomic E-state index is 0.259. The van der Waals surface area contributed by atoms with Crippen LogP contribution in [0.5, 0.6) is 0 Å². The molecule has 0 unspecified atom stereocenters. The summed E-state index contributed by atoms with van der Waals surface area (Å²) >= 11 is 1.41. The monoisotopic (exact) mass is 402 g/mol. The van der Waals surface area contributed by atoms with Crippen molar-refractivity contribution in [2.75, 3.05) is 5.32 Å². The van der Waals surface area contributed by atoms with Gasteiger partial charge in [0.1, 0.15) is 5.82 Å². The maximum absolute atomic E-state index is 13.5. The van der Waals surface area contributed by atoms with E-state index in [0.717, 1.165) is 21.7 Å². The Labute approximate surface area is 172 Å². The maximum atomic E-state index is 13.5. The molecular formula is C24H19FN2OS. The van der Waals surface area contributed by atoms with Crippen molar-refractivity contribution in [3.63, 3.8) is 0 Å². The number of anilines is 1. The summed E-state index contributed by atoms with van der Waals surface area (Å²) in [6, 6.07) is 21.8. The van der Waals surface area contributed by atoms with Crippen LogP contribution < -0.4 is 5.32 Å².